The molecule has 0 spiro atoms. The summed E-state index contributed by atoms with van der Waals surface area (Å²) in [7, 11) is 0. The van der Waals surface area contributed by atoms with Crippen molar-refractivity contribution in [3.05, 3.63) is 66.7 Å². The maximum absolute atomic E-state index is 12.4. The number of hydrogen-bond acceptors (Lipinski definition) is 7. The highest BCUT2D eigenvalue weighted by Gasteiger charge is 2.20. The van der Waals surface area contributed by atoms with Gasteiger partial charge in [0.25, 0.3) is 5.91 Å². The van der Waals surface area contributed by atoms with E-state index in [1.807, 2.05) is 0 Å². The number of amides is 1. The number of ether oxygens (including phenoxy) is 1. The summed E-state index contributed by atoms with van der Waals surface area (Å²) in [6.45, 7) is 1.48. The number of aromatic amines is 1. The van der Waals surface area contributed by atoms with Gasteiger partial charge in [0.1, 0.15) is 17.6 Å². The fraction of sp³-hybridized carbons (Fsp3) is 0.0952. The number of phenols is 1. The molecule has 4 aromatic rings. The number of anilines is 1. The van der Waals surface area contributed by atoms with Gasteiger partial charge in [0.2, 0.25) is 0 Å². The Kier molecular flexibility index (Phi) is 5.08. The van der Waals surface area contributed by atoms with Crippen molar-refractivity contribution in [1.82, 2.24) is 19.9 Å². The number of aromatic hydroxyl groups is 1. The van der Waals surface area contributed by atoms with Gasteiger partial charge in [-0.05, 0) is 42.3 Å². The first kappa shape index (κ1) is 19.1. The quantitative estimate of drug-likeness (QED) is 0.437. The smallest absolute Gasteiger partial charge is 0.338 e. The number of nitrogens with one attached hydrogen (secondary N) is 2. The largest absolute Gasteiger partial charge is 0.508 e. The Balaban J connectivity index is 1.41. The molecule has 0 aliphatic rings. The molecule has 30 heavy (non-hydrogen) atoms. The molecular weight excluding hydrogens is 386 g/mol. The van der Waals surface area contributed by atoms with Crippen molar-refractivity contribution >= 4 is 28.9 Å². The lowest BCUT2D eigenvalue weighted by Crippen LogP contribution is -2.30. The van der Waals surface area contributed by atoms with Crippen LogP contribution in [0, 0.1) is 0 Å². The van der Waals surface area contributed by atoms with Gasteiger partial charge in [0.15, 0.2) is 17.6 Å². The van der Waals surface area contributed by atoms with E-state index in [-0.39, 0.29) is 11.6 Å². The van der Waals surface area contributed by atoms with Crippen molar-refractivity contribution in [2.45, 2.75) is 13.0 Å². The normalized spacial score (nSPS) is 11.8. The number of carbonyl (C=O) groups is 2. The zero-order chi connectivity index (χ0) is 21.1. The van der Waals surface area contributed by atoms with Gasteiger partial charge in [-0.3, -0.25) is 4.79 Å². The minimum atomic E-state index is -1.04. The summed E-state index contributed by atoms with van der Waals surface area (Å²) in [6.07, 6.45) is 1.69. The molecule has 3 N–H and O–H groups in total. The van der Waals surface area contributed by atoms with Crippen LogP contribution in [-0.4, -0.2) is 43.0 Å². The average Bonchev–Trinajstić information content (AvgIpc) is 3.24. The monoisotopic (exact) mass is 403 g/mol. The average molecular weight is 403 g/mol. The van der Waals surface area contributed by atoms with Crippen molar-refractivity contribution in [3.8, 4) is 16.9 Å². The lowest BCUT2D eigenvalue weighted by atomic mass is 10.0. The van der Waals surface area contributed by atoms with Crippen molar-refractivity contribution in [3.63, 3.8) is 0 Å². The van der Waals surface area contributed by atoms with Crippen LogP contribution in [0.4, 0.5) is 5.82 Å². The Morgan fingerprint density at radius 2 is 1.67 bits per heavy atom. The highest BCUT2D eigenvalue weighted by molar-refractivity contribution is 6.00. The topological polar surface area (TPSA) is 130 Å². The molecule has 1 atom stereocenters. The second-order valence-corrected chi connectivity index (χ2v) is 6.48. The molecule has 0 fully saturated rings. The van der Waals surface area contributed by atoms with E-state index >= 15 is 0 Å². The number of H-pyrrole nitrogens is 1. The van der Waals surface area contributed by atoms with E-state index in [0.717, 1.165) is 11.1 Å². The lowest BCUT2D eigenvalue weighted by molar-refractivity contribution is -0.123. The standard InChI is InChI=1S/C21H17N5O4/c1-12(20(28)26-19-17-18(23-10-22-17)24-11-25-19)30-21(29)15-4-2-13(3-5-15)14-6-8-16(27)9-7-14/h2-12,27H,1H3,(H2,22,23,24,25,26,28)/t12-/m1/s1. The number of aromatic nitrogens is 4. The Hall–Kier alpha value is -4.27. The van der Waals surface area contributed by atoms with Gasteiger partial charge in [0.05, 0.1) is 11.9 Å². The zero-order valence-corrected chi connectivity index (χ0v) is 15.9. The van der Waals surface area contributed by atoms with Crippen LogP contribution in [0.1, 0.15) is 17.3 Å². The molecule has 150 valence electrons. The van der Waals surface area contributed by atoms with Gasteiger partial charge >= 0.3 is 5.97 Å². The fourth-order valence-electron chi connectivity index (χ4n) is 2.81. The maximum Gasteiger partial charge on any atom is 0.338 e. The van der Waals surface area contributed by atoms with Crippen LogP contribution in [0.3, 0.4) is 0 Å². The summed E-state index contributed by atoms with van der Waals surface area (Å²) in [5.41, 5.74) is 2.99. The van der Waals surface area contributed by atoms with Gasteiger partial charge in [-0.25, -0.2) is 19.7 Å². The number of hydrogen-bond donors (Lipinski definition) is 3. The third-order valence-electron chi connectivity index (χ3n) is 4.44. The van der Waals surface area contributed by atoms with E-state index in [1.54, 1.807) is 48.5 Å². The van der Waals surface area contributed by atoms with Crippen LogP contribution in [-0.2, 0) is 9.53 Å². The molecule has 9 heteroatoms. The SMILES string of the molecule is C[C@@H](OC(=O)c1ccc(-c2ccc(O)cc2)cc1)C(=O)Nc1ncnc2nc[nH]c12. The second-order valence-electron chi connectivity index (χ2n) is 6.48. The van der Waals surface area contributed by atoms with Crippen molar-refractivity contribution in [2.75, 3.05) is 5.32 Å². The first-order valence-electron chi connectivity index (χ1n) is 9.06. The summed E-state index contributed by atoms with van der Waals surface area (Å²) in [5.74, 6) is -0.715. The Labute approximate surface area is 170 Å². The summed E-state index contributed by atoms with van der Waals surface area (Å²) >= 11 is 0. The van der Waals surface area contributed by atoms with Crippen LogP contribution < -0.4 is 5.32 Å². The first-order chi connectivity index (χ1) is 14.5. The molecular formula is C21H17N5O4. The minimum Gasteiger partial charge on any atom is -0.508 e. The molecule has 2 heterocycles. The number of fused-ring (bicyclic) bond motifs is 1. The summed E-state index contributed by atoms with van der Waals surface area (Å²) < 4.78 is 5.27. The van der Waals surface area contributed by atoms with Crippen molar-refractivity contribution < 1.29 is 19.4 Å². The highest BCUT2D eigenvalue weighted by Crippen LogP contribution is 2.22. The Morgan fingerprint density at radius 3 is 2.37 bits per heavy atom. The number of imidazole rings is 1. The zero-order valence-electron chi connectivity index (χ0n) is 15.9. The molecule has 1 amide bonds. The second kappa shape index (κ2) is 8.00. The van der Waals surface area contributed by atoms with Gasteiger partial charge in [-0.1, -0.05) is 24.3 Å². The third kappa shape index (κ3) is 3.95. The molecule has 0 saturated carbocycles. The number of benzene rings is 2. The van der Waals surface area contributed by atoms with Gasteiger partial charge in [-0.15, -0.1) is 0 Å². The number of carbonyl (C=O) groups excluding carboxylic acids is 2. The van der Waals surface area contributed by atoms with E-state index in [0.29, 0.717) is 16.7 Å². The van der Waals surface area contributed by atoms with Crippen LogP contribution in [0.5, 0.6) is 5.75 Å². The van der Waals surface area contributed by atoms with E-state index in [2.05, 4.69) is 25.3 Å². The Morgan fingerprint density at radius 1 is 1.00 bits per heavy atom. The summed E-state index contributed by atoms with van der Waals surface area (Å²) in [6, 6.07) is 13.5. The number of esters is 1. The predicted molar refractivity (Wildman–Crippen MR) is 109 cm³/mol. The molecule has 0 saturated heterocycles. The molecule has 2 aromatic carbocycles. The van der Waals surface area contributed by atoms with Gasteiger partial charge < -0.3 is 20.1 Å². The van der Waals surface area contributed by atoms with E-state index in [1.165, 1.54) is 19.6 Å². The van der Waals surface area contributed by atoms with Crippen LogP contribution >= 0.6 is 0 Å². The highest BCUT2D eigenvalue weighted by atomic mass is 16.5. The molecule has 2 aromatic heterocycles. The van der Waals surface area contributed by atoms with Crippen LogP contribution in [0.15, 0.2) is 61.2 Å². The number of rotatable bonds is 5. The molecule has 4 rings (SSSR count). The van der Waals surface area contributed by atoms with Crippen molar-refractivity contribution in [1.29, 1.82) is 0 Å². The summed E-state index contributed by atoms with van der Waals surface area (Å²) in [5, 5.41) is 12.0. The number of nitrogens with zero attached hydrogens (tertiary/aromatic N) is 3. The molecule has 0 radical (unpaired) electrons. The van der Waals surface area contributed by atoms with Crippen LogP contribution in [0.2, 0.25) is 0 Å². The molecule has 0 bridgehead atoms. The van der Waals surface area contributed by atoms with E-state index in [9.17, 15) is 14.7 Å². The third-order valence-corrected chi connectivity index (χ3v) is 4.44. The van der Waals surface area contributed by atoms with Crippen LogP contribution in [0.25, 0.3) is 22.3 Å². The van der Waals surface area contributed by atoms with E-state index in [4.69, 9.17) is 4.74 Å². The maximum atomic E-state index is 12.4. The summed E-state index contributed by atoms with van der Waals surface area (Å²) in [4.78, 5) is 39.6. The molecule has 9 nitrogen and oxygen atoms in total. The fourth-order valence-corrected chi connectivity index (χ4v) is 2.81. The van der Waals surface area contributed by atoms with Gasteiger partial charge in [0, 0.05) is 0 Å². The minimum absolute atomic E-state index is 0.182. The van der Waals surface area contributed by atoms with Gasteiger partial charge in [-0.2, -0.15) is 0 Å². The lowest BCUT2D eigenvalue weighted by Gasteiger charge is -2.13. The Bertz CT molecular complexity index is 1200. The molecule has 0 aliphatic heterocycles. The molecule has 0 unspecified atom stereocenters. The first-order valence-corrected chi connectivity index (χ1v) is 9.06. The van der Waals surface area contributed by atoms with Crippen molar-refractivity contribution in [2.24, 2.45) is 0 Å². The van der Waals surface area contributed by atoms with E-state index < -0.39 is 18.0 Å². The predicted octanol–water partition coefficient (Wildman–Crippen LogP) is 2.91. The molecule has 0 aliphatic carbocycles. The number of phenolic OH excluding ortho intramolecular Hbond substituents is 1.